The molecular formula is C77H138O6. The van der Waals surface area contributed by atoms with Gasteiger partial charge >= 0.3 is 17.9 Å². The van der Waals surface area contributed by atoms with Crippen LogP contribution in [0.2, 0.25) is 0 Å². The van der Waals surface area contributed by atoms with Crippen LogP contribution in [-0.4, -0.2) is 37.2 Å². The SMILES string of the molecule is CC/C=C\C/C=C\C/C=C\C/C=C\CCCCCCCCCCCCCCCCCCC(=O)OCC(COC(=O)CCCCCCC/C=C\C/C=C\CCCC)OC(=O)CCCCCCCCCCCCCCCCCCCCCCCC. The minimum absolute atomic E-state index is 0.0748. The smallest absolute Gasteiger partial charge is 0.306 e. The maximum Gasteiger partial charge on any atom is 0.306 e. The monoisotopic (exact) mass is 1160 g/mol. The lowest BCUT2D eigenvalue weighted by Crippen LogP contribution is -2.30. The standard InChI is InChI=1S/C77H138O6/c1-4-7-10-13-16-19-22-25-28-30-32-34-36-37-38-39-40-41-42-44-45-47-49-52-55-58-61-64-67-70-76(79)82-73-74(72-81-75(78)69-66-63-60-57-54-51-27-24-21-18-15-12-9-6-3)83-77(80)71-68-65-62-59-56-53-50-48-46-43-35-33-31-29-26-23-20-17-14-11-8-5-2/h7,10,15-16,18-19,24-25,27-28,32,34,74H,4-6,8-9,11-14,17,20-23,26,29-31,33,35-73H2,1-3H3/b10-7-,18-15-,19-16-,27-24-,28-25-,34-32-. The van der Waals surface area contributed by atoms with Gasteiger partial charge in [0, 0.05) is 19.3 Å². The van der Waals surface area contributed by atoms with Gasteiger partial charge in [0.15, 0.2) is 6.10 Å². The minimum Gasteiger partial charge on any atom is -0.462 e. The molecule has 0 amide bonds. The van der Waals surface area contributed by atoms with Crippen molar-refractivity contribution in [2.45, 2.75) is 386 Å². The second-order valence-corrected chi connectivity index (χ2v) is 24.5. The van der Waals surface area contributed by atoms with Crippen molar-refractivity contribution in [2.24, 2.45) is 0 Å². The topological polar surface area (TPSA) is 78.9 Å². The summed E-state index contributed by atoms with van der Waals surface area (Å²) in [7, 11) is 0. The molecule has 0 heterocycles. The van der Waals surface area contributed by atoms with Gasteiger partial charge in [-0.2, -0.15) is 0 Å². The van der Waals surface area contributed by atoms with Gasteiger partial charge in [0.1, 0.15) is 13.2 Å². The van der Waals surface area contributed by atoms with Crippen molar-refractivity contribution >= 4 is 17.9 Å². The highest BCUT2D eigenvalue weighted by Gasteiger charge is 2.19. The van der Waals surface area contributed by atoms with Gasteiger partial charge in [-0.25, -0.2) is 0 Å². The van der Waals surface area contributed by atoms with Crippen molar-refractivity contribution in [3.63, 3.8) is 0 Å². The minimum atomic E-state index is -0.780. The van der Waals surface area contributed by atoms with E-state index in [1.807, 2.05) is 0 Å². The number of carbonyl (C=O) groups is 3. The van der Waals surface area contributed by atoms with E-state index >= 15 is 0 Å². The average molecular weight is 1160 g/mol. The van der Waals surface area contributed by atoms with Crippen LogP contribution in [0, 0.1) is 0 Å². The van der Waals surface area contributed by atoms with Gasteiger partial charge in [0.2, 0.25) is 0 Å². The molecule has 6 nitrogen and oxygen atoms in total. The Labute approximate surface area is 516 Å². The number of esters is 3. The fourth-order valence-electron chi connectivity index (χ4n) is 10.7. The number of carbonyl (C=O) groups excluding carboxylic acids is 3. The number of hydrogen-bond acceptors (Lipinski definition) is 6. The zero-order valence-corrected chi connectivity index (χ0v) is 55.5. The first-order chi connectivity index (χ1) is 41.0. The number of ether oxygens (including phenoxy) is 3. The zero-order valence-electron chi connectivity index (χ0n) is 55.5. The molecule has 0 aromatic heterocycles. The second kappa shape index (κ2) is 71.3. The van der Waals surface area contributed by atoms with Crippen LogP contribution < -0.4 is 0 Å². The molecule has 0 aliphatic rings. The lowest BCUT2D eigenvalue weighted by molar-refractivity contribution is -0.167. The lowest BCUT2D eigenvalue weighted by Gasteiger charge is -2.18. The maximum absolute atomic E-state index is 13.0. The van der Waals surface area contributed by atoms with Crippen LogP contribution in [-0.2, 0) is 28.6 Å². The molecule has 0 N–H and O–H groups in total. The van der Waals surface area contributed by atoms with Crippen molar-refractivity contribution in [3.8, 4) is 0 Å². The largest absolute Gasteiger partial charge is 0.462 e. The average Bonchev–Trinajstić information content (AvgIpc) is 3.49. The number of allylic oxidation sites excluding steroid dienone is 12. The van der Waals surface area contributed by atoms with Crippen molar-refractivity contribution in [1.82, 2.24) is 0 Å². The molecule has 0 aliphatic heterocycles. The Balaban J connectivity index is 4.23. The molecule has 482 valence electrons. The van der Waals surface area contributed by atoms with Crippen molar-refractivity contribution in [2.75, 3.05) is 13.2 Å². The Kier molecular flexibility index (Phi) is 68.6. The Morgan fingerprint density at radius 3 is 0.771 bits per heavy atom. The van der Waals surface area contributed by atoms with Crippen LogP contribution in [0.25, 0.3) is 0 Å². The first kappa shape index (κ1) is 79.8. The molecule has 6 heteroatoms. The Morgan fingerprint density at radius 2 is 0.482 bits per heavy atom. The van der Waals surface area contributed by atoms with Gasteiger partial charge in [-0.3, -0.25) is 14.4 Å². The molecule has 0 radical (unpaired) electrons. The quantitative estimate of drug-likeness (QED) is 0.0261. The second-order valence-electron chi connectivity index (χ2n) is 24.5. The van der Waals surface area contributed by atoms with Crippen LogP contribution in [0.4, 0.5) is 0 Å². The third kappa shape index (κ3) is 69.5. The van der Waals surface area contributed by atoms with Crippen molar-refractivity contribution in [1.29, 1.82) is 0 Å². The molecule has 0 saturated heterocycles. The Bertz CT molecular complexity index is 1520. The molecule has 0 rings (SSSR count). The van der Waals surface area contributed by atoms with Crippen molar-refractivity contribution in [3.05, 3.63) is 72.9 Å². The summed E-state index contributed by atoms with van der Waals surface area (Å²) in [4.78, 5) is 38.5. The number of unbranched alkanes of at least 4 members (excludes halogenated alkanes) is 44. The maximum atomic E-state index is 13.0. The predicted molar refractivity (Wildman–Crippen MR) is 362 cm³/mol. The highest BCUT2D eigenvalue weighted by Crippen LogP contribution is 2.18. The summed E-state index contributed by atoms with van der Waals surface area (Å²) in [5.74, 6) is -0.864. The normalized spacial score (nSPS) is 12.5. The fraction of sp³-hybridized carbons (Fsp3) is 0.805. The van der Waals surface area contributed by atoms with Crippen LogP contribution in [0.5, 0.6) is 0 Å². The van der Waals surface area contributed by atoms with Crippen molar-refractivity contribution < 1.29 is 28.6 Å². The van der Waals surface area contributed by atoms with Gasteiger partial charge in [0.05, 0.1) is 0 Å². The third-order valence-electron chi connectivity index (χ3n) is 16.2. The molecular weight excluding hydrogens is 1020 g/mol. The van der Waals surface area contributed by atoms with Crippen LogP contribution in [0.1, 0.15) is 380 Å². The summed E-state index contributed by atoms with van der Waals surface area (Å²) in [6.07, 6.45) is 93.7. The molecule has 1 atom stereocenters. The molecule has 0 aliphatic carbocycles. The molecule has 0 spiro atoms. The van der Waals surface area contributed by atoms with E-state index in [4.69, 9.17) is 14.2 Å². The Hall–Kier alpha value is -3.15. The molecule has 0 aromatic carbocycles. The molecule has 0 aromatic rings. The predicted octanol–water partition coefficient (Wildman–Crippen LogP) is 25.2. The zero-order chi connectivity index (χ0) is 59.9. The van der Waals surface area contributed by atoms with E-state index < -0.39 is 6.10 Å². The molecule has 1 unspecified atom stereocenters. The van der Waals surface area contributed by atoms with Crippen LogP contribution >= 0.6 is 0 Å². The summed E-state index contributed by atoms with van der Waals surface area (Å²) in [5.41, 5.74) is 0. The third-order valence-corrected chi connectivity index (χ3v) is 16.2. The van der Waals surface area contributed by atoms with E-state index in [1.54, 1.807) is 0 Å². The fourth-order valence-corrected chi connectivity index (χ4v) is 10.7. The van der Waals surface area contributed by atoms with E-state index in [1.165, 1.54) is 238 Å². The van der Waals surface area contributed by atoms with E-state index in [2.05, 4.69) is 93.7 Å². The molecule has 0 fully saturated rings. The molecule has 0 saturated carbocycles. The van der Waals surface area contributed by atoms with E-state index in [9.17, 15) is 14.4 Å². The van der Waals surface area contributed by atoms with Crippen LogP contribution in [0.3, 0.4) is 0 Å². The van der Waals surface area contributed by atoms with Gasteiger partial charge in [-0.15, -0.1) is 0 Å². The number of hydrogen-bond donors (Lipinski definition) is 0. The first-order valence-corrected chi connectivity index (χ1v) is 36.4. The van der Waals surface area contributed by atoms with E-state index in [-0.39, 0.29) is 31.1 Å². The van der Waals surface area contributed by atoms with Gasteiger partial charge in [-0.1, -0.05) is 351 Å². The highest BCUT2D eigenvalue weighted by atomic mass is 16.6. The summed E-state index contributed by atoms with van der Waals surface area (Å²) in [6.45, 7) is 6.54. The van der Waals surface area contributed by atoms with Crippen LogP contribution in [0.15, 0.2) is 72.9 Å². The van der Waals surface area contributed by atoms with E-state index in [0.29, 0.717) is 19.3 Å². The van der Waals surface area contributed by atoms with Gasteiger partial charge < -0.3 is 14.2 Å². The highest BCUT2D eigenvalue weighted by molar-refractivity contribution is 5.71. The lowest BCUT2D eigenvalue weighted by atomic mass is 10.0. The first-order valence-electron chi connectivity index (χ1n) is 36.4. The van der Waals surface area contributed by atoms with Gasteiger partial charge in [-0.05, 0) is 83.5 Å². The van der Waals surface area contributed by atoms with Gasteiger partial charge in [0.25, 0.3) is 0 Å². The summed E-state index contributed by atoms with van der Waals surface area (Å²) >= 11 is 0. The number of rotatable bonds is 67. The van der Waals surface area contributed by atoms with E-state index in [0.717, 1.165) is 103 Å². The molecule has 0 bridgehead atoms. The summed E-state index contributed by atoms with van der Waals surface area (Å²) in [5, 5.41) is 0. The molecule has 83 heavy (non-hydrogen) atoms. The Morgan fingerprint density at radius 1 is 0.253 bits per heavy atom. The summed E-state index contributed by atoms with van der Waals surface area (Å²) in [6, 6.07) is 0. The summed E-state index contributed by atoms with van der Waals surface area (Å²) < 4.78 is 17.0.